The zero-order valence-electron chi connectivity index (χ0n) is 10.8. The number of nitrogens with zero attached hydrogens (tertiary/aromatic N) is 2. The first-order valence-corrected chi connectivity index (χ1v) is 5.73. The number of benzene rings is 1. The van der Waals surface area contributed by atoms with E-state index in [1.54, 1.807) is 19.2 Å². The van der Waals surface area contributed by atoms with Crippen molar-refractivity contribution in [2.75, 3.05) is 24.8 Å². The van der Waals surface area contributed by atoms with Crippen molar-refractivity contribution in [1.82, 2.24) is 4.98 Å². The second-order valence-electron chi connectivity index (χ2n) is 4.11. The number of nitrogen functional groups attached to an aromatic ring is 1. The molecule has 1 aromatic heterocycles. The Labute approximate surface area is 107 Å². The smallest absolute Gasteiger partial charge is 0.215 e. The fourth-order valence-corrected chi connectivity index (χ4v) is 1.88. The molecule has 2 aromatic rings. The van der Waals surface area contributed by atoms with E-state index >= 15 is 0 Å². The Morgan fingerprint density at radius 2 is 1.89 bits per heavy atom. The number of nitrogens with two attached hydrogens (primary N) is 1. The lowest BCUT2D eigenvalue weighted by atomic mass is 10.2. The number of anilines is 3. The normalized spacial score (nSPS) is 10.2. The van der Waals surface area contributed by atoms with E-state index in [1.807, 2.05) is 30.1 Å². The highest BCUT2D eigenvalue weighted by molar-refractivity contribution is 5.72. The van der Waals surface area contributed by atoms with E-state index in [1.165, 1.54) is 5.56 Å². The zero-order chi connectivity index (χ0) is 13.1. The van der Waals surface area contributed by atoms with Crippen molar-refractivity contribution >= 4 is 17.2 Å². The van der Waals surface area contributed by atoms with Crippen LogP contribution in [0.4, 0.5) is 17.2 Å². The predicted octanol–water partition coefficient (Wildman–Crippen LogP) is 2.75. The minimum Gasteiger partial charge on any atom is -0.481 e. The van der Waals surface area contributed by atoms with Crippen LogP contribution in [-0.4, -0.2) is 19.1 Å². The number of rotatable bonds is 3. The van der Waals surface area contributed by atoms with Crippen molar-refractivity contribution < 1.29 is 4.74 Å². The van der Waals surface area contributed by atoms with Crippen molar-refractivity contribution in [3.05, 3.63) is 42.0 Å². The van der Waals surface area contributed by atoms with E-state index in [4.69, 9.17) is 10.5 Å². The molecule has 0 aliphatic heterocycles. The molecule has 2 N–H and O–H groups in total. The van der Waals surface area contributed by atoms with Crippen molar-refractivity contribution in [3.63, 3.8) is 0 Å². The third kappa shape index (κ3) is 2.22. The molecule has 0 spiro atoms. The van der Waals surface area contributed by atoms with Crippen LogP contribution in [0.15, 0.2) is 36.4 Å². The van der Waals surface area contributed by atoms with Crippen LogP contribution in [0.1, 0.15) is 5.56 Å². The van der Waals surface area contributed by atoms with Crippen LogP contribution in [0.25, 0.3) is 0 Å². The molecule has 0 saturated carbocycles. The predicted molar refractivity (Wildman–Crippen MR) is 74.4 cm³/mol. The minimum absolute atomic E-state index is 0.555. The highest BCUT2D eigenvalue weighted by Crippen LogP contribution is 2.30. The van der Waals surface area contributed by atoms with Gasteiger partial charge in [-0.3, -0.25) is 0 Å². The summed E-state index contributed by atoms with van der Waals surface area (Å²) in [6, 6.07) is 11.7. The number of hydrogen-bond donors (Lipinski definition) is 1. The maximum Gasteiger partial charge on any atom is 0.215 e. The number of pyridine rings is 1. The van der Waals surface area contributed by atoms with E-state index in [-0.39, 0.29) is 0 Å². The molecule has 0 aliphatic carbocycles. The molecule has 0 radical (unpaired) electrons. The van der Waals surface area contributed by atoms with Gasteiger partial charge in [0.25, 0.3) is 0 Å². The average Bonchev–Trinajstić information content (AvgIpc) is 2.39. The SMILES string of the molecule is COc1ccc(N)c(N(C)c2ccccc2C)n1. The molecule has 0 aliphatic rings. The van der Waals surface area contributed by atoms with E-state index in [0.717, 1.165) is 5.69 Å². The van der Waals surface area contributed by atoms with Gasteiger partial charge in [-0.1, -0.05) is 18.2 Å². The largest absolute Gasteiger partial charge is 0.481 e. The summed E-state index contributed by atoms with van der Waals surface area (Å²) in [5.74, 6) is 1.25. The topological polar surface area (TPSA) is 51.4 Å². The van der Waals surface area contributed by atoms with Crippen LogP contribution in [-0.2, 0) is 0 Å². The van der Waals surface area contributed by atoms with Gasteiger partial charge in [0.1, 0.15) is 0 Å². The summed E-state index contributed by atoms with van der Waals surface area (Å²) in [5.41, 5.74) is 8.84. The number of aryl methyl sites for hydroxylation is 1. The first-order chi connectivity index (χ1) is 8.63. The second-order valence-corrected chi connectivity index (χ2v) is 4.11. The van der Waals surface area contributed by atoms with Gasteiger partial charge in [-0.2, -0.15) is 4.98 Å². The summed E-state index contributed by atoms with van der Waals surface area (Å²) >= 11 is 0. The molecule has 1 aromatic carbocycles. The van der Waals surface area contributed by atoms with Crippen LogP contribution in [0.3, 0.4) is 0 Å². The Morgan fingerprint density at radius 3 is 2.56 bits per heavy atom. The zero-order valence-corrected chi connectivity index (χ0v) is 10.8. The summed E-state index contributed by atoms with van der Waals surface area (Å²) in [4.78, 5) is 6.35. The Morgan fingerprint density at radius 1 is 1.17 bits per heavy atom. The molecule has 0 fully saturated rings. The first-order valence-electron chi connectivity index (χ1n) is 5.73. The molecular weight excluding hydrogens is 226 g/mol. The summed E-state index contributed by atoms with van der Waals surface area (Å²) < 4.78 is 5.13. The van der Waals surface area contributed by atoms with Gasteiger partial charge >= 0.3 is 0 Å². The fraction of sp³-hybridized carbons (Fsp3) is 0.214. The Hall–Kier alpha value is -2.23. The van der Waals surface area contributed by atoms with E-state index in [9.17, 15) is 0 Å². The summed E-state index contributed by atoms with van der Waals surface area (Å²) in [5, 5.41) is 0. The molecule has 4 nitrogen and oxygen atoms in total. The summed E-state index contributed by atoms with van der Waals surface area (Å²) in [6.45, 7) is 2.06. The monoisotopic (exact) mass is 243 g/mol. The molecule has 0 atom stereocenters. The molecule has 4 heteroatoms. The Kier molecular flexibility index (Phi) is 3.37. The maximum atomic E-state index is 5.97. The summed E-state index contributed by atoms with van der Waals surface area (Å²) in [7, 11) is 3.54. The van der Waals surface area contributed by atoms with Gasteiger partial charge < -0.3 is 15.4 Å². The molecule has 0 saturated heterocycles. The van der Waals surface area contributed by atoms with Gasteiger partial charge in [0, 0.05) is 18.8 Å². The van der Waals surface area contributed by atoms with Crippen molar-refractivity contribution in [1.29, 1.82) is 0 Å². The van der Waals surface area contributed by atoms with Gasteiger partial charge in [0.15, 0.2) is 5.82 Å². The molecule has 94 valence electrons. The van der Waals surface area contributed by atoms with E-state index in [2.05, 4.69) is 18.0 Å². The third-order valence-corrected chi connectivity index (χ3v) is 2.88. The lowest BCUT2D eigenvalue weighted by molar-refractivity contribution is 0.398. The highest BCUT2D eigenvalue weighted by Gasteiger charge is 2.12. The van der Waals surface area contributed by atoms with Crippen LogP contribution >= 0.6 is 0 Å². The number of para-hydroxylation sites is 1. The van der Waals surface area contributed by atoms with Crippen LogP contribution in [0.2, 0.25) is 0 Å². The van der Waals surface area contributed by atoms with Crippen LogP contribution in [0, 0.1) is 6.92 Å². The maximum absolute atomic E-state index is 5.97. The van der Waals surface area contributed by atoms with Gasteiger partial charge in [-0.25, -0.2) is 0 Å². The molecule has 0 unspecified atom stereocenters. The summed E-state index contributed by atoms with van der Waals surface area (Å²) in [6.07, 6.45) is 0. The molecule has 2 rings (SSSR count). The van der Waals surface area contributed by atoms with Crippen molar-refractivity contribution in [2.45, 2.75) is 6.92 Å². The quantitative estimate of drug-likeness (QED) is 0.900. The van der Waals surface area contributed by atoms with E-state index in [0.29, 0.717) is 17.4 Å². The second kappa shape index (κ2) is 4.96. The standard InChI is InChI=1S/C14H17N3O/c1-10-6-4-5-7-12(10)17(2)14-11(15)8-9-13(16-14)18-3/h4-9H,15H2,1-3H3. The lowest BCUT2D eigenvalue weighted by Gasteiger charge is -2.22. The highest BCUT2D eigenvalue weighted by atomic mass is 16.5. The van der Waals surface area contributed by atoms with Gasteiger partial charge in [0.2, 0.25) is 5.88 Å². The van der Waals surface area contributed by atoms with Gasteiger partial charge in [0.05, 0.1) is 12.8 Å². The molecule has 0 bridgehead atoms. The Bertz CT molecular complexity index is 554. The van der Waals surface area contributed by atoms with Crippen molar-refractivity contribution in [2.24, 2.45) is 0 Å². The third-order valence-electron chi connectivity index (χ3n) is 2.88. The number of hydrogen-bond acceptors (Lipinski definition) is 4. The fourth-order valence-electron chi connectivity index (χ4n) is 1.88. The van der Waals surface area contributed by atoms with Gasteiger partial charge in [-0.05, 0) is 24.6 Å². The number of ether oxygens (including phenoxy) is 1. The number of methoxy groups -OCH3 is 1. The minimum atomic E-state index is 0.555. The number of aromatic nitrogens is 1. The van der Waals surface area contributed by atoms with E-state index < -0.39 is 0 Å². The lowest BCUT2D eigenvalue weighted by Crippen LogP contribution is -2.14. The molecule has 18 heavy (non-hydrogen) atoms. The Balaban J connectivity index is 2.45. The van der Waals surface area contributed by atoms with Crippen molar-refractivity contribution in [3.8, 4) is 5.88 Å². The first kappa shape index (κ1) is 12.2. The average molecular weight is 243 g/mol. The van der Waals surface area contributed by atoms with Gasteiger partial charge in [-0.15, -0.1) is 0 Å². The molecule has 1 heterocycles. The molecule has 0 amide bonds. The molecular formula is C14H17N3O. The van der Waals surface area contributed by atoms with Crippen LogP contribution in [0.5, 0.6) is 5.88 Å². The van der Waals surface area contributed by atoms with Crippen LogP contribution < -0.4 is 15.4 Å².